The van der Waals surface area contributed by atoms with Crippen LogP contribution in [0.25, 0.3) is 11.5 Å². The van der Waals surface area contributed by atoms with Gasteiger partial charge in [-0.05, 0) is 50.6 Å². The number of pyridine rings is 1. The van der Waals surface area contributed by atoms with Crippen molar-refractivity contribution < 1.29 is 21.6 Å². The molecule has 0 saturated carbocycles. The number of aromatic nitrogens is 4. The van der Waals surface area contributed by atoms with E-state index in [4.69, 9.17) is 0 Å². The van der Waals surface area contributed by atoms with E-state index in [1.165, 1.54) is 24.3 Å². The molecular formula is C21H23F3N6O2S. The molecule has 12 heteroatoms. The van der Waals surface area contributed by atoms with Crippen LogP contribution in [0.3, 0.4) is 0 Å². The molecule has 1 aromatic carbocycles. The predicted molar refractivity (Wildman–Crippen MR) is 119 cm³/mol. The van der Waals surface area contributed by atoms with Gasteiger partial charge in [-0.1, -0.05) is 19.1 Å². The maximum Gasteiger partial charge on any atom is 0.433 e. The maximum absolute atomic E-state index is 13.1. The van der Waals surface area contributed by atoms with E-state index >= 15 is 0 Å². The van der Waals surface area contributed by atoms with Gasteiger partial charge in [0.2, 0.25) is 11.9 Å². The molecule has 0 aliphatic rings. The van der Waals surface area contributed by atoms with Gasteiger partial charge in [-0.2, -0.15) is 28.1 Å². The minimum Gasteiger partial charge on any atom is -0.352 e. The van der Waals surface area contributed by atoms with Crippen molar-refractivity contribution >= 4 is 27.4 Å². The van der Waals surface area contributed by atoms with E-state index in [2.05, 4.69) is 30.6 Å². The monoisotopic (exact) mass is 480 g/mol. The quantitative estimate of drug-likeness (QED) is 0.478. The van der Waals surface area contributed by atoms with Crippen LogP contribution in [-0.2, 0) is 16.0 Å². The summed E-state index contributed by atoms with van der Waals surface area (Å²) >= 11 is 0. The second-order valence-electron chi connectivity index (χ2n) is 7.48. The zero-order chi connectivity index (χ0) is 24.2. The van der Waals surface area contributed by atoms with E-state index in [1.54, 1.807) is 19.1 Å². The summed E-state index contributed by atoms with van der Waals surface area (Å²) in [5.74, 6) is 0.0890. The van der Waals surface area contributed by atoms with Gasteiger partial charge in [-0.25, -0.2) is 13.4 Å². The molecule has 2 N–H and O–H groups in total. The molecule has 3 aromatic rings. The molecule has 8 nitrogen and oxygen atoms in total. The van der Waals surface area contributed by atoms with Crippen molar-refractivity contribution in [2.24, 2.45) is 0 Å². The van der Waals surface area contributed by atoms with Crippen LogP contribution in [0, 0.1) is 0 Å². The lowest BCUT2D eigenvalue weighted by Gasteiger charge is -2.13. The molecule has 2 aromatic heterocycles. The molecule has 0 aliphatic heterocycles. The van der Waals surface area contributed by atoms with Gasteiger partial charge in [0.15, 0.2) is 15.7 Å². The molecule has 2 heterocycles. The number of halogens is 3. The van der Waals surface area contributed by atoms with Crippen molar-refractivity contribution in [2.75, 3.05) is 16.4 Å². The third-order valence-corrected chi connectivity index (χ3v) is 6.16. The fraction of sp³-hybridized carbons (Fsp3) is 0.333. The molecule has 33 heavy (non-hydrogen) atoms. The molecule has 0 atom stereocenters. The molecule has 176 valence electrons. The Morgan fingerprint density at radius 1 is 0.970 bits per heavy atom. The standard InChI is InChI=1S/C21H23F3N6O2S/c1-4-11-33(31,32)15-8-5-7-14(12-15)26-20-29-18(28-19(30-20)25-13(2)3)16-9-6-10-17(27-16)21(22,23)24/h5-10,12-13H,4,11H2,1-3H3,(H2,25,26,28,29,30). The first kappa shape index (κ1) is 24.4. The van der Waals surface area contributed by atoms with Gasteiger partial charge in [0.25, 0.3) is 0 Å². The summed E-state index contributed by atoms with van der Waals surface area (Å²) in [5.41, 5.74) is -0.750. The molecule has 0 fully saturated rings. The van der Waals surface area contributed by atoms with Gasteiger partial charge in [0, 0.05) is 11.7 Å². The Kier molecular flexibility index (Phi) is 7.15. The van der Waals surface area contributed by atoms with Gasteiger partial charge < -0.3 is 10.6 Å². The fourth-order valence-corrected chi connectivity index (χ4v) is 4.23. The van der Waals surface area contributed by atoms with Crippen LogP contribution in [-0.4, -0.2) is 40.1 Å². The minimum atomic E-state index is -4.62. The smallest absolute Gasteiger partial charge is 0.352 e. The molecular weight excluding hydrogens is 457 g/mol. The second kappa shape index (κ2) is 9.69. The average Bonchev–Trinajstić information content (AvgIpc) is 2.73. The van der Waals surface area contributed by atoms with Crippen LogP contribution in [0.1, 0.15) is 32.9 Å². The lowest BCUT2D eigenvalue weighted by molar-refractivity contribution is -0.141. The topological polar surface area (TPSA) is 110 Å². The number of hydrogen-bond donors (Lipinski definition) is 2. The number of alkyl halides is 3. The van der Waals surface area contributed by atoms with Crippen molar-refractivity contribution in [3.8, 4) is 11.5 Å². The summed E-state index contributed by atoms with van der Waals surface area (Å²) < 4.78 is 64.1. The van der Waals surface area contributed by atoms with E-state index in [0.29, 0.717) is 12.1 Å². The Morgan fingerprint density at radius 3 is 2.33 bits per heavy atom. The highest BCUT2D eigenvalue weighted by molar-refractivity contribution is 7.91. The van der Waals surface area contributed by atoms with Gasteiger partial charge in [0.1, 0.15) is 11.4 Å². The number of hydrogen-bond acceptors (Lipinski definition) is 8. The number of anilines is 3. The third-order valence-electron chi connectivity index (χ3n) is 4.24. The maximum atomic E-state index is 13.1. The van der Waals surface area contributed by atoms with E-state index < -0.39 is 21.7 Å². The van der Waals surface area contributed by atoms with Gasteiger partial charge >= 0.3 is 6.18 Å². The van der Waals surface area contributed by atoms with E-state index in [0.717, 1.165) is 6.07 Å². The number of rotatable bonds is 8. The summed E-state index contributed by atoms with van der Waals surface area (Å²) in [7, 11) is -3.44. The fourth-order valence-electron chi connectivity index (χ4n) is 2.87. The Labute approximate surface area is 189 Å². The Hall–Kier alpha value is -3.28. The highest BCUT2D eigenvalue weighted by Crippen LogP contribution is 2.29. The zero-order valence-corrected chi connectivity index (χ0v) is 19.0. The first-order chi connectivity index (χ1) is 15.5. The Bertz CT molecular complexity index is 1230. The summed E-state index contributed by atoms with van der Waals surface area (Å²) in [6, 6.07) is 9.54. The molecule has 0 aliphatic carbocycles. The first-order valence-electron chi connectivity index (χ1n) is 10.1. The second-order valence-corrected chi connectivity index (χ2v) is 9.59. The number of nitrogens with one attached hydrogen (secondary N) is 2. The minimum absolute atomic E-state index is 0.00995. The van der Waals surface area contributed by atoms with E-state index in [9.17, 15) is 21.6 Å². The number of sulfone groups is 1. The van der Waals surface area contributed by atoms with Crippen molar-refractivity contribution in [1.82, 2.24) is 19.9 Å². The SMILES string of the molecule is CCCS(=O)(=O)c1cccc(Nc2nc(NC(C)C)nc(-c3cccc(C(F)(F)F)n3)n2)c1. The van der Waals surface area contributed by atoms with Crippen LogP contribution in [0.5, 0.6) is 0 Å². The van der Waals surface area contributed by atoms with Gasteiger partial charge in [-0.3, -0.25) is 0 Å². The third kappa shape index (κ3) is 6.37. The van der Waals surface area contributed by atoms with Crippen molar-refractivity contribution in [2.45, 2.75) is 44.3 Å². The lowest BCUT2D eigenvalue weighted by atomic mass is 10.3. The normalized spacial score (nSPS) is 12.1. The van der Waals surface area contributed by atoms with E-state index in [-0.39, 0.29) is 40.1 Å². The van der Waals surface area contributed by atoms with Crippen molar-refractivity contribution in [3.05, 3.63) is 48.2 Å². The number of benzene rings is 1. The van der Waals surface area contributed by atoms with Crippen LogP contribution < -0.4 is 10.6 Å². The van der Waals surface area contributed by atoms with Crippen molar-refractivity contribution in [3.63, 3.8) is 0 Å². The van der Waals surface area contributed by atoms with Crippen LogP contribution in [0.2, 0.25) is 0 Å². The highest BCUT2D eigenvalue weighted by atomic mass is 32.2. The van der Waals surface area contributed by atoms with E-state index in [1.807, 2.05) is 13.8 Å². The zero-order valence-electron chi connectivity index (χ0n) is 18.2. The summed E-state index contributed by atoms with van der Waals surface area (Å²) in [4.78, 5) is 16.4. The average molecular weight is 481 g/mol. The molecule has 0 bridgehead atoms. The first-order valence-corrected chi connectivity index (χ1v) is 11.8. The van der Waals surface area contributed by atoms with Crippen LogP contribution >= 0.6 is 0 Å². The lowest BCUT2D eigenvalue weighted by Crippen LogP contribution is -2.15. The Morgan fingerprint density at radius 2 is 1.67 bits per heavy atom. The van der Waals surface area contributed by atoms with Crippen LogP contribution in [0.15, 0.2) is 47.4 Å². The summed E-state index contributed by atoms with van der Waals surface area (Å²) in [6.07, 6.45) is -4.14. The molecule has 0 saturated heterocycles. The summed E-state index contributed by atoms with van der Waals surface area (Å²) in [5, 5.41) is 5.90. The number of nitrogens with zero attached hydrogens (tertiary/aromatic N) is 4. The molecule has 0 amide bonds. The van der Waals surface area contributed by atoms with Gasteiger partial charge in [0.05, 0.1) is 10.6 Å². The highest BCUT2D eigenvalue weighted by Gasteiger charge is 2.32. The Balaban J connectivity index is 2.02. The van der Waals surface area contributed by atoms with Crippen LogP contribution in [0.4, 0.5) is 30.8 Å². The van der Waals surface area contributed by atoms with Crippen molar-refractivity contribution in [1.29, 1.82) is 0 Å². The molecule has 0 spiro atoms. The molecule has 0 unspecified atom stereocenters. The largest absolute Gasteiger partial charge is 0.433 e. The predicted octanol–water partition coefficient (Wildman–Crippen LogP) is 4.70. The summed E-state index contributed by atoms with van der Waals surface area (Å²) in [6.45, 7) is 5.47. The van der Waals surface area contributed by atoms with Gasteiger partial charge in [-0.15, -0.1) is 0 Å². The molecule has 0 radical (unpaired) electrons. The molecule has 3 rings (SSSR count).